The van der Waals surface area contributed by atoms with Gasteiger partial charge in [-0.3, -0.25) is 9.89 Å². The summed E-state index contributed by atoms with van der Waals surface area (Å²) in [4.78, 5) is 6.89. The maximum absolute atomic E-state index is 5.49. The summed E-state index contributed by atoms with van der Waals surface area (Å²) in [6, 6.07) is 8.67. The smallest absolute Gasteiger partial charge is 0.191 e. The van der Waals surface area contributed by atoms with E-state index in [9.17, 15) is 0 Å². The van der Waals surface area contributed by atoms with Crippen molar-refractivity contribution < 1.29 is 14.2 Å². The Morgan fingerprint density at radius 3 is 2.68 bits per heavy atom. The minimum absolute atomic E-state index is 0.300. The molecule has 2 N–H and O–H groups in total. The second kappa shape index (κ2) is 13.4. The number of rotatable bonds is 12. The molecule has 1 saturated heterocycles. The van der Waals surface area contributed by atoms with Gasteiger partial charge in [-0.05, 0) is 50.0 Å². The van der Waals surface area contributed by atoms with E-state index in [1.54, 1.807) is 21.3 Å². The molecule has 2 rings (SSSR count). The van der Waals surface area contributed by atoms with Crippen molar-refractivity contribution in [1.82, 2.24) is 15.5 Å². The molecule has 1 aliphatic heterocycles. The standard InChI is InChI=1S/C21H36N4O3/c1-22-21(23-10-7-13-28-15-14-26-2)24-17-20(25-11-4-5-12-25)18-8-6-9-19(16-18)27-3/h6,8-9,16,20H,4-5,7,10-15,17H2,1-3H3,(H2,22,23,24). The Morgan fingerprint density at radius 2 is 1.96 bits per heavy atom. The Hall–Kier alpha value is -1.83. The third kappa shape index (κ3) is 7.66. The van der Waals surface area contributed by atoms with E-state index in [2.05, 4.69) is 38.7 Å². The van der Waals surface area contributed by atoms with Crippen LogP contribution in [-0.4, -0.2) is 78.1 Å². The molecule has 158 valence electrons. The molecule has 7 nitrogen and oxygen atoms in total. The lowest BCUT2D eigenvalue weighted by Gasteiger charge is -2.29. The van der Waals surface area contributed by atoms with E-state index in [-0.39, 0.29) is 0 Å². The first-order chi connectivity index (χ1) is 13.8. The zero-order valence-electron chi connectivity index (χ0n) is 17.6. The fourth-order valence-electron chi connectivity index (χ4n) is 3.40. The van der Waals surface area contributed by atoms with Gasteiger partial charge in [-0.2, -0.15) is 0 Å². The number of methoxy groups -OCH3 is 2. The summed E-state index contributed by atoms with van der Waals surface area (Å²) >= 11 is 0. The van der Waals surface area contributed by atoms with Gasteiger partial charge in [0.25, 0.3) is 0 Å². The Morgan fingerprint density at radius 1 is 1.14 bits per heavy atom. The molecule has 1 aromatic rings. The van der Waals surface area contributed by atoms with Crippen molar-refractivity contribution in [2.24, 2.45) is 4.99 Å². The van der Waals surface area contributed by atoms with Crippen molar-refractivity contribution in [3.8, 4) is 5.75 Å². The molecule has 28 heavy (non-hydrogen) atoms. The van der Waals surface area contributed by atoms with E-state index < -0.39 is 0 Å². The SMILES string of the molecule is CN=C(NCCCOCCOC)NCC(c1cccc(OC)c1)N1CCCC1. The Bertz CT molecular complexity index is 577. The van der Waals surface area contributed by atoms with Crippen molar-refractivity contribution in [1.29, 1.82) is 0 Å². The molecule has 0 spiro atoms. The highest BCUT2D eigenvalue weighted by atomic mass is 16.5. The highest BCUT2D eigenvalue weighted by molar-refractivity contribution is 5.79. The summed E-state index contributed by atoms with van der Waals surface area (Å²) < 4.78 is 15.9. The van der Waals surface area contributed by atoms with E-state index in [0.717, 1.165) is 44.3 Å². The van der Waals surface area contributed by atoms with Crippen molar-refractivity contribution in [2.45, 2.75) is 25.3 Å². The van der Waals surface area contributed by atoms with Gasteiger partial charge in [0.05, 0.1) is 26.4 Å². The fourth-order valence-corrected chi connectivity index (χ4v) is 3.40. The Labute approximate surface area is 169 Å². The average Bonchev–Trinajstić information content (AvgIpc) is 3.26. The van der Waals surface area contributed by atoms with Crippen LogP contribution in [0.4, 0.5) is 0 Å². The van der Waals surface area contributed by atoms with Crippen LogP contribution in [0.1, 0.15) is 30.9 Å². The van der Waals surface area contributed by atoms with E-state index in [1.807, 2.05) is 6.07 Å². The largest absolute Gasteiger partial charge is 0.497 e. The number of likely N-dealkylation sites (tertiary alicyclic amines) is 1. The van der Waals surface area contributed by atoms with Crippen molar-refractivity contribution in [2.75, 3.05) is 67.3 Å². The van der Waals surface area contributed by atoms with Gasteiger partial charge >= 0.3 is 0 Å². The Kier molecular flexibility index (Phi) is 10.7. The third-order valence-electron chi connectivity index (χ3n) is 4.94. The number of hydrogen-bond acceptors (Lipinski definition) is 5. The predicted molar refractivity (Wildman–Crippen MR) is 113 cm³/mol. The van der Waals surface area contributed by atoms with Gasteiger partial charge in [0.2, 0.25) is 0 Å². The minimum Gasteiger partial charge on any atom is -0.497 e. The molecule has 1 aromatic carbocycles. The summed E-state index contributed by atoms with van der Waals surface area (Å²) in [5.74, 6) is 1.72. The molecule has 0 aromatic heterocycles. The highest BCUT2D eigenvalue weighted by Crippen LogP contribution is 2.27. The number of aliphatic imine (C=N–C) groups is 1. The van der Waals surface area contributed by atoms with Crippen molar-refractivity contribution in [3.63, 3.8) is 0 Å². The normalized spacial score (nSPS) is 16.2. The van der Waals surface area contributed by atoms with Crippen LogP contribution in [0.2, 0.25) is 0 Å². The van der Waals surface area contributed by atoms with Crippen LogP contribution in [0.5, 0.6) is 5.75 Å². The number of ether oxygens (including phenoxy) is 3. The second-order valence-electron chi connectivity index (χ2n) is 6.87. The topological polar surface area (TPSA) is 67.4 Å². The molecule has 1 aliphatic rings. The maximum Gasteiger partial charge on any atom is 0.191 e. The third-order valence-corrected chi connectivity index (χ3v) is 4.94. The van der Waals surface area contributed by atoms with Crippen LogP contribution >= 0.6 is 0 Å². The van der Waals surface area contributed by atoms with Crippen LogP contribution in [0.25, 0.3) is 0 Å². The quantitative estimate of drug-likeness (QED) is 0.322. The number of guanidine groups is 1. The Balaban J connectivity index is 1.83. The number of benzene rings is 1. The predicted octanol–water partition coefficient (Wildman–Crippen LogP) is 2.05. The summed E-state index contributed by atoms with van der Waals surface area (Å²) in [6.07, 6.45) is 3.45. The molecule has 1 unspecified atom stereocenters. The molecular weight excluding hydrogens is 356 g/mol. The molecule has 0 radical (unpaired) electrons. The molecule has 0 bridgehead atoms. The van der Waals surface area contributed by atoms with Crippen LogP contribution in [0.3, 0.4) is 0 Å². The second-order valence-corrected chi connectivity index (χ2v) is 6.87. The van der Waals surface area contributed by atoms with Crippen LogP contribution in [0.15, 0.2) is 29.3 Å². The van der Waals surface area contributed by atoms with E-state index in [0.29, 0.717) is 25.9 Å². The lowest BCUT2D eigenvalue weighted by atomic mass is 10.1. The first kappa shape index (κ1) is 22.5. The van der Waals surface area contributed by atoms with Gasteiger partial charge in [0.15, 0.2) is 5.96 Å². The summed E-state index contributed by atoms with van der Waals surface area (Å²) in [7, 11) is 5.20. The van der Waals surface area contributed by atoms with Gasteiger partial charge in [-0.25, -0.2) is 0 Å². The first-order valence-corrected chi connectivity index (χ1v) is 10.2. The number of hydrogen-bond donors (Lipinski definition) is 2. The molecular formula is C21H36N4O3. The van der Waals surface area contributed by atoms with Gasteiger partial charge < -0.3 is 24.8 Å². The summed E-state index contributed by atoms with van der Waals surface area (Å²) in [6.45, 7) is 5.88. The molecule has 1 atom stereocenters. The van der Waals surface area contributed by atoms with Crippen LogP contribution in [0, 0.1) is 0 Å². The molecule has 1 fully saturated rings. The highest BCUT2D eigenvalue weighted by Gasteiger charge is 2.24. The minimum atomic E-state index is 0.300. The lowest BCUT2D eigenvalue weighted by molar-refractivity contribution is 0.0698. The van der Waals surface area contributed by atoms with Gasteiger partial charge in [-0.15, -0.1) is 0 Å². The van der Waals surface area contributed by atoms with Crippen LogP contribution < -0.4 is 15.4 Å². The molecule has 0 aliphatic carbocycles. The monoisotopic (exact) mass is 392 g/mol. The maximum atomic E-state index is 5.49. The number of nitrogens with zero attached hydrogens (tertiary/aromatic N) is 2. The van der Waals surface area contributed by atoms with Gasteiger partial charge in [-0.1, -0.05) is 12.1 Å². The summed E-state index contributed by atoms with van der Waals surface area (Å²) in [5, 5.41) is 6.85. The fraction of sp³-hybridized carbons (Fsp3) is 0.667. The van der Waals surface area contributed by atoms with Gasteiger partial charge in [0.1, 0.15) is 5.75 Å². The van der Waals surface area contributed by atoms with Crippen molar-refractivity contribution >= 4 is 5.96 Å². The van der Waals surface area contributed by atoms with Crippen molar-refractivity contribution in [3.05, 3.63) is 29.8 Å². The molecule has 1 heterocycles. The average molecular weight is 393 g/mol. The zero-order valence-corrected chi connectivity index (χ0v) is 17.6. The van der Waals surface area contributed by atoms with E-state index in [1.165, 1.54) is 18.4 Å². The van der Waals surface area contributed by atoms with Gasteiger partial charge in [0, 0.05) is 33.9 Å². The van der Waals surface area contributed by atoms with E-state index >= 15 is 0 Å². The molecule has 0 amide bonds. The molecule has 7 heteroatoms. The van der Waals surface area contributed by atoms with E-state index in [4.69, 9.17) is 14.2 Å². The zero-order chi connectivity index (χ0) is 20.0. The first-order valence-electron chi connectivity index (χ1n) is 10.2. The summed E-state index contributed by atoms with van der Waals surface area (Å²) in [5.41, 5.74) is 1.27. The number of nitrogens with one attached hydrogen (secondary N) is 2. The van der Waals surface area contributed by atoms with Crippen LogP contribution in [-0.2, 0) is 9.47 Å². The lowest BCUT2D eigenvalue weighted by Crippen LogP contribution is -2.43. The molecule has 0 saturated carbocycles.